The Bertz CT molecular complexity index is 525. The first-order valence-electron chi connectivity index (χ1n) is 8.97. The van der Waals surface area contributed by atoms with E-state index in [1.807, 2.05) is 0 Å². The quantitative estimate of drug-likeness (QED) is 0.389. The molecule has 0 radical (unpaired) electrons. The van der Waals surface area contributed by atoms with Crippen molar-refractivity contribution in [1.29, 1.82) is 0 Å². The van der Waals surface area contributed by atoms with Gasteiger partial charge < -0.3 is 20.4 Å². The molecule has 0 bridgehead atoms. The zero-order chi connectivity index (χ0) is 17.9. The van der Waals surface area contributed by atoms with Crippen molar-refractivity contribution >= 4 is 5.97 Å². The third-order valence-corrected chi connectivity index (χ3v) is 4.35. The molecule has 5 heteroatoms. The molecule has 1 aromatic rings. The van der Waals surface area contributed by atoms with Crippen LogP contribution in [0.15, 0.2) is 6.07 Å². The number of aromatic carboxylic acids is 1. The number of rotatable bonds is 12. The van der Waals surface area contributed by atoms with E-state index < -0.39 is 23.2 Å². The highest BCUT2D eigenvalue weighted by atomic mass is 16.4. The first-order valence-corrected chi connectivity index (χ1v) is 8.97. The van der Waals surface area contributed by atoms with Crippen LogP contribution in [0.5, 0.6) is 17.2 Å². The molecule has 0 heterocycles. The van der Waals surface area contributed by atoms with Crippen LogP contribution in [0.3, 0.4) is 0 Å². The normalized spacial score (nSPS) is 10.9. The summed E-state index contributed by atoms with van der Waals surface area (Å²) in [5.74, 6) is -3.47. The van der Waals surface area contributed by atoms with Crippen LogP contribution < -0.4 is 5.11 Å². The van der Waals surface area contributed by atoms with Crippen molar-refractivity contribution < 1.29 is 25.2 Å². The fourth-order valence-corrected chi connectivity index (χ4v) is 2.90. The Kier molecular flexibility index (Phi) is 9.05. The van der Waals surface area contributed by atoms with Gasteiger partial charge in [0.25, 0.3) is 0 Å². The average Bonchev–Trinajstić information content (AvgIpc) is 2.55. The van der Waals surface area contributed by atoms with Crippen LogP contribution in [-0.2, 0) is 6.42 Å². The zero-order valence-corrected chi connectivity index (χ0v) is 14.5. The molecule has 5 nitrogen and oxygen atoms in total. The second kappa shape index (κ2) is 10.8. The van der Waals surface area contributed by atoms with Gasteiger partial charge >= 0.3 is 5.97 Å². The SMILES string of the molecule is CCCCCCCCCCCCc1c(C(=O)O)cc(O)c(O)c1[O-]. The van der Waals surface area contributed by atoms with Gasteiger partial charge in [0, 0.05) is 0 Å². The van der Waals surface area contributed by atoms with E-state index in [4.69, 9.17) is 5.11 Å². The first kappa shape index (κ1) is 20.1. The number of carboxylic acids is 1. The van der Waals surface area contributed by atoms with Gasteiger partial charge in [0.15, 0.2) is 5.75 Å². The van der Waals surface area contributed by atoms with E-state index in [0.29, 0.717) is 12.8 Å². The molecule has 0 amide bonds. The van der Waals surface area contributed by atoms with E-state index in [-0.39, 0.29) is 11.1 Å². The molecular weight excluding hydrogens is 308 g/mol. The molecule has 0 unspecified atom stereocenters. The fraction of sp³-hybridized carbons (Fsp3) is 0.632. The lowest BCUT2D eigenvalue weighted by Crippen LogP contribution is -2.07. The third-order valence-electron chi connectivity index (χ3n) is 4.35. The first-order chi connectivity index (χ1) is 11.5. The van der Waals surface area contributed by atoms with E-state index in [9.17, 15) is 20.1 Å². The second-order valence-electron chi connectivity index (χ2n) is 6.34. The summed E-state index contributed by atoms with van der Waals surface area (Å²) in [6.07, 6.45) is 11.8. The van der Waals surface area contributed by atoms with E-state index in [0.717, 1.165) is 25.3 Å². The lowest BCUT2D eigenvalue weighted by Gasteiger charge is -2.19. The molecule has 0 saturated heterocycles. The Hall–Kier alpha value is -1.91. The van der Waals surface area contributed by atoms with Crippen LogP contribution in [0.2, 0.25) is 0 Å². The maximum Gasteiger partial charge on any atom is 0.336 e. The summed E-state index contributed by atoms with van der Waals surface area (Å²) in [6.45, 7) is 2.21. The Morgan fingerprint density at radius 3 is 1.96 bits per heavy atom. The number of hydrogen-bond donors (Lipinski definition) is 3. The monoisotopic (exact) mass is 337 g/mol. The van der Waals surface area contributed by atoms with Crippen molar-refractivity contribution in [3.63, 3.8) is 0 Å². The van der Waals surface area contributed by atoms with Crippen LogP contribution in [0.1, 0.15) is 87.1 Å². The highest BCUT2D eigenvalue weighted by Gasteiger charge is 2.16. The van der Waals surface area contributed by atoms with E-state index >= 15 is 0 Å². The summed E-state index contributed by atoms with van der Waals surface area (Å²) in [4.78, 5) is 11.2. The van der Waals surface area contributed by atoms with Gasteiger partial charge in [-0.05, 0) is 24.5 Å². The molecule has 1 rings (SSSR count). The lowest BCUT2D eigenvalue weighted by molar-refractivity contribution is -0.271. The number of hydrogen-bond acceptors (Lipinski definition) is 4. The maximum atomic E-state index is 11.9. The third kappa shape index (κ3) is 6.30. The molecule has 0 saturated carbocycles. The minimum Gasteiger partial charge on any atom is -0.870 e. The van der Waals surface area contributed by atoms with Crippen molar-refractivity contribution in [3.05, 3.63) is 17.2 Å². The van der Waals surface area contributed by atoms with Crippen molar-refractivity contribution in [3.8, 4) is 17.2 Å². The fourth-order valence-electron chi connectivity index (χ4n) is 2.90. The number of carbonyl (C=O) groups is 1. The minimum atomic E-state index is -1.26. The van der Waals surface area contributed by atoms with Crippen molar-refractivity contribution in [2.75, 3.05) is 0 Å². The standard InChI is InChI=1S/C19H30O5/c1-2-3-4-5-6-7-8-9-10-11-12-14-15(19(23)24)13-16(20)18(22)17(14)21/h13,20-22H,2-12H2,1H3,(H,23,24)/p-1. The van der Waals surface area contributed by atoms with E-state index in [2.05, 4.69) is 6.92 Å². The molecule has 0 aliphatic rings. The van der Waals surface area contributed by atoms with Gasteiger partial charge in [0.1, 0.15) is 5.75 Å². The van der Waals surface area contributed by atoms with E-state index in [1.165, 1.54) is 38.5 Å². The van der Waals surface area contributed by atoms with E-state index in [1.54, 1.807) is 0 Å². The number of unbranched alkanes of at least 4 members (excludes halogenated alkanes) is 9. The molecule has 0 spiro atoms. The highest BCUT2D eigenvalue weighted by molar-refractivity contribution is 5.91. The zero-order valence-electron chi connectivity index (χ0n) is 14.5. The number of phenolic OH excluding ortho intramolecular Hbond substituents is 2. The van der Waals surface area contributed by atoms with Gasteiger partial charge in [0.2, 0.25) is 0 Å². The van der Waals surface area contributed by atoms with Gasteiger partial charge in [-0.1, -0.05) is 70.5 Å². The Balaban J connectivity index is 2.35. The number of carboxylic acid groups (broad SMARTS) is 1. The van der Waals surface area contributed by atoms with Crippen molar-refractivity contribution in [1.82, 2.24) is 0 Å². The summed E-state index contributed by atoms with van der Waals surface area (Å²) in [5, 5.41) is 40.0. The van der Waals surface area contributed by atoms with Crippen molar-refractivity contribution in [2.45, 2.75) is 77.6 Å². The molecule has 0 aliphatic heterocycles. The molecule has 0 atom stereocenters. The second-order valence-corrected chi connectivity index (χ2v) is 6.34. The smallest absolute Gasteiger partial charge is 0.336 e. The summed E-state index contributed by atoms with van der Waals surface area (Å²) in [5.41, 5.74) is -0.136. The largest absolute Gasteiger partial charge is 0.870 e. The predicted molar refractivity (Wildman–Crippen MR) is 91.7 cm³/mol. The molecule has 1 aromatic carbocycles. The van der Waals surface area contributed by atoms with Gasteiger partial charge in [-0.3, -0.25) is 0 Å². The topological polar surface area (TPSA) is 101 Å². The number of aromatic hydroxyl groups is 2. The molecule has 3 N–H and O–H groups in total. The summed E-state index contributed by atoms with van der Waals surface area (Å²) in [6, 6.07) is 0.949. The van der Waals surface area contributed by atoms with Crippen LogP contribution in [0.25, 0.3) is 0 Å². The Morgan fingerprint density at radius 2 is 1.46 bits per heavy atom. The van der Waals surface area contributed by atoms with Gasteiger partial charge in [0.05, 0.1) is 5.56 Å². The van der Waals surface area contributed by atoms with Crippen LogP contribution >= 0.6 is 0 Å². The molecule has 24 heavy (non-hydrogen) atoms. The minimum absolute atomic E-state index is 0.0809. The average molecular weight is 337 g/mol. The summed E-state index contributed by atoms with van der Waals surface area (Å²) in [7, 11) is 0. The maximum absolute atomic E-state index is 11.9. The van der Waals surface area contributed by atoms with Crippen LogP contribution in [0, 0.1) is 0 Å². The highest BCUT2D eigenvalue weighted by Crippen LogP contribution is 2.38. The van der Waals surface area contributed by atoms with Crippen LogP contribution in [0.4, 0.5) is 0 Å². The molecule has 0 aliphatic carbocycles. The molecule has 0 fully saturated rings. The van der Waals surface area contributed by atoms with Gasteiger partial charge in [-0.25, -0.2) is 4.79 Å². The van der Waals surface area contributed by atoms with Gasteiger partial charge in [-0.15, -0.1) is 0 Å². The number of benzene rings is 1. The Labute approximate surface area is 144 Å². The number of phenols is 2. The van der Waals surface area contributed by atoms with Crippen LogP contribution in [-0.4, -0.2) is 21.3 Å². The molecule has 0 aromatic heterocycles. The molecule has 136 valence electrons. The Morgan fingerprint density at radius 1 is 0.958 bits per heavy atom. The summed E-state index contributed by atoms with van der Waals surface area (Å²) < 4.78 is 0. The van der Waals surface area contributed by atoms with Crippen molar-refractivity contribution in [2.24, 2.45) is 0 Å². The lowest BCUT2D eigenvalue weighted by atomic mass is 9.98. The predicted octanol–water partition coefficient (Wildman–Crippen LogP) is 4.33. The van der Waals surface area contributed by atoms with Gasteiger partial charge in [-0.2, -0.15) is 0 Å². The summed E-state index contributed by atoms with van der Waals surface area (Å²) >= 11 is 0. The molecular formula is C19H29O5-.